The first kappa shape index (κ1) is 14.8. The van der Waals surface area contributed by atoms with Crippen molar-refractivity contribution >= 4 is 5.91 Å². The lowest BCUT2D eigenvalue weighted by molar-refractivity contribution is -0.174. The predicted molar refractivity (Wildman–Crippen MR) is 65.8 cm³/mol. The molecule has 2 rings (SSSR count). The van der Waals surface area contributed by atoms with E-state index in [1.165, 1.54) is 4.90 Å². The summed E-state index contributed by atoms with van der Waals surface area (Å²) in [5.74, 6) is -0.146. The summed E-state index contributed by atoms with van der Waals surface area (Å²) in [7, 11) is 0. The highest BCUT2D eigenvalue weighted by Crippen LogP contribution is 2.20. The molecule has 20 heavy (non-hydrogen) atoms. The normalized spacial score (nSPS) is 19.6. The molecule has 0 aromatic heterocycles. The number of halogens is 3. The maximum Gasteiger partial charge on any atom is 0.411 e. The summed E-state index contributed by atoms with van der Waals surface area (Å²) in [4.78, 5) is 13.5. The van der Waals surface area contributed by atoms with Crippen LogP contribution in [0.4, 0.5) is 13.2 Å². The van der Waals surface area contributed by atoms with E-state index >= 15 is 0 Å². The van der Waals surface area contributed by atoms with Crippen LogP contribution in [0.2, 0.25) is 0 Å². The van der Waals surface area contributed by atoms with Gasteiger partial charge in [-0.25, -0.2) is 0 Å². The highest BCUT2D eigenvalue weighted by Gasteiger charge is 2.32. The van der Waals surface area contributed by atoms with Crippen LogP contribution in [-0.2, 0) is 9.53 Å². The zero-order valence-corrected chi connectivity index (χ0v) is 10.7. The number of carbonyl (C=O) groups is 1. The fourth-order valence-corrected chi connectivity index (χ4v) is 2.01. The molecule has 1 aromatic carbocycles. The van der Waals surface area contributed by atoms with Gasteiger partial charge in [0, 0.05) is 6.54 Å². The highest BCUT2D eigenvalue weighted by atomic mass is 19.4. The lowest BCUT2D eigenvalue weighted by Gasteiger charge is -2.16. The minimum Gasteiger partial charge on any atom is -0.370 e. The van der Waals surface area contributed by atoms with Crippen LogP contribution in [0.3, 0.4) is 0 Å². The number of nitrogens with one attached hydrogen (secondary N) is 1. The smallest absolute Gasteiger partial charge is 0.370 e. The molecule has 1 fully saturated rings. The van der Waals surface area contributed by atoms with Crippen molar-refractivity contribution in [3.8, 4) is 0 Å². The molecule has 1 atom stereocenters. The molecular weight excluding hydrogens is 273 g/mol. The Hall–Kier alpha value is -1.60. The molecule has 110 valence electrons. The molecule has 1 amide bonds. The molecule has 4 nitrogen and oxygen atoms in total. The fraction of sp³-hybridized carbons (Fsp3) is 0.462. The lowest BCUT2D eigenvalue weighted by Crippen LogP contribution is -2.31. The van der Waals surface area contributed by atoms with Gasteiger partial charge < -0.3 is 9.64 Å². The Bertz CT molecular complexity index is 451. The van der Waals surface area contributed by atoms with E-state index in [4.69, 9.17) is 0 Å². The Balaban J connectivity index is 1.80. The second kappa shape index (κ2) is 6.23. The predicted octanol–water partition coefficient (Wildman–Crippen LogP) is 1.70. The van der Waals surface area contributed by atoms with Gasteiger partial charge in [-0.3, -0.25) is 10.1 Å². The molecule has 0 spiro atoms. The van der Waals surface area contributed by atoms with Gasteiger partial charge in [0.05, 0.1) is 13.3 Å². The van der Waals surface area contributed by atoms with Gasteiger partial charge in [-0.1, -0.05) is 30.3 Å². The monoisotopic (exact) mass is 288 g/mol. The van der Waals surface area contributed by atoms with Crippen molar-refractivity contribution in [2.45, 2.75) is 12.2 Å². The van der Waals surface area contributed by atoms with Crippen LogP contribution in [0, 0.1) is 0 Å². The summed E-state index contributed by atoms with van der Waals surface area (Å²) in [6.45, 7) is -0.960. The number of amides is 1. The fourth-order valence-electron chi connectivity index (χ4n) is 2.01. The number of ether oxygens (including phenoxy) is 1. The van der Waals surface area contributed by atoms with Crippen LogP contribution in [0.5, 0.6) is 0 Å². The average Bonchev–Trinajstić information content (AvgIpc) is 2.76. The minimum absolute atomic E-state index is 0.131. The van der Waals surface area contributed by atoms with Crippen LogP contribution < -0.4 is 5.32 Å². The molecule has 1 heterocycles. The molecule has 1 saturated heterocycles. The van der Waals surface area contributed by atoms with Crippen molar-refractivity contribution in [1.29, 1.82) is 0 Å². The molecular formula is C13H15F3N2O2. The Morgan fingerprint density at radius 3 is 2.65 bits per heavy atom. The largest absolute Gasteiger partial charge is 0.411 e. The number of hydrogen-bond donors (Lipinski definition) is 1. The molecule has 0 bridgehead atoms. The Labute approximate surface area is 114 Å². The number of benzene rings is 1. The van der Waals surface area contributed by atoms with Gasteiger partial charge in [0.15, 0.2) is 0 Å². The van der Waals surface area contributed by atoms with E-state index in [9.17, 15) is 18.0 Å². The van der Waals surface area contributed by atoms with E-state index in [0.717, 1.165) is 5.56 Å². The van der Waals surface area contributed by atoms with Gasteiger partial charge in [-0.05, 0) is 5.56 Å². The maximum absolute atomic E-state index is 12.1. The molecule has 1 unspecified atom stereocenters. The van der Waals surface area contributed by atoms with Crippen LogP contribution in [0.25, 0.3) is 0 Å². The van der Waals surface area contributed by atoms with Crippen molar-refractivity contribution in [3.05, 3.63) is 35.9 Å². The highest BCUT2D eigenvalue weighted by molar-refractivity contribution is 5.85. The number of hydrogen-bond acceptors (Lipinski definition) is 3. The third-order valence-corrected chi connectivity index (χ3v) is 2.95. The molecule has 0 saturated carbocycles. The van der Waals surface area contributed by atoms with Crippen LogP contribution in [-0.4, -0.2) is 43.4 Å². The van der Waals surface area contributed by atoms with Crippen molar-refractivity contribution in [2.75, 3.05) is 26.4 Å². The van der Waals surface area contributed by atoms with Gasteiger partial charge in [-0.2, -0.15) is 13.2 Å². The number of alkyl halides is 3. The van der Waals surface area contributed by atoms with Crippen LogP contribution in [0.15, 0.2) is 30.3 Å². The van der Waals surface area contributed by atoms with E-state index in [1.807, 2.05) is 30.3 Å². The maximum atomic E-state index is 12.1. The first-order valence-corrected chi connectivity index (χ1v) is 6.19. The summed E-state index contributed by atoms with van der Waals surface area (Å²) >= 11 is 0. The third-order valence-electron chi connectivity index (χ3n) is 2.95. The second-order valence-electron chi connectivity index (χ2n) is 4.48. The summed E-state index contributed by atoms with van der Waals surface area (Å²) in [6, 6.07) is 8.75. The van der Waals surface area contributed by atoms with Crippen molar-refractivity contribution in [1.82, 2.24) is 10.2 Å². The summed E-state index contributed by atoms with van der Waals surface area (Å²) in [5.41, 5.74) is 0.844. The Morgan fingerprint density at radius 2 is 2.00 bits per heavy atom. The second-order valence-corrected chi connectivity index (χ2v) is 4.48. The molecule has 7 heteroatoms. The average molecular weight is 288 g/mol. The number of nitrogens with zero attached hydrogens (tertiary/aromatic N) is 1. The Kier molecular flexibility index (Phi) is 4.61. The molecule has 1 aliphatic heterocycles. The first-order chi connectivity index (χ1) is 9.47. The van der Waals surface area contributed by atoms with E-state index < -0.39 is 18.8 Å². The number of rotatable bonds is 5. The van der Waals surface area contributed by atoms with Crippen molar-refractivity contribution in [2.24, 2.45) is 0 Å². The third kappa shape index (κ3) is 3.94. The molecule has 1 aliphatic rings. The van der Waals surface area contributed by atoms with Gasteiger partial charge in [0.1, 0.15) is 12.6 Å². The zero-order chi connectivity index (χ0) is 14.6. The van der Waals surface area contributed by atoms with E-state index in [0.29, 0.717) is 6.67 Å². The molecule has 0 aliphatic carbocycles. The quantitative estimate of drug-likeness (QED) is 0.838. The van der Waals surface area contributed by atoms with Crippen LogP contribution in [0.1, 0.15) is 11.6 Å². The van der Waals surface area contributed by atoms with E-state index in [1.54, 1.807) is 0 Å². The SMILES string of the molecule is O=C1C(c2ccccc2)NCN1CCOCC(F)(F)F. The number of carbonyl (C=O) groups excluding carboxylic acids is 1. The lowest BCUT2D eigenvalue weighted by atomic mass is 10.1. The van der Waals surface area contributed by atoms with E-state index in [2.05, 4.69) is 10.1 Å². The summed E-state index contributed by atoms with van der Waals surface area (Å²) < 4.78 is 40.2. The van der Waals surface area contributed by atoms with E-state index in [-0.39, 0.29) is 19.1 Å². The molecule has 1 aromatic rings. The van der Waals surface area contributed by atoms with Gasteiger partial charge in [-0.15, -0.1) is 0 Å². The standard InChI is InChI=1S/C13H15F3N2O2/c14-13(15,16)8-20-7-6-18-9-17-11(12(18)19)10-4-2-1-3-5-10/h1-5,11,17H,6-9H2. The van der Waals surface area contributed by atoms with Gasteiger partial charge in [0.2, 0.25) is 5.91 Å². The summed E-state index contributed by atoms with van der Waals surface area (Å²) in [5, 5.41) is 3.03. The van der Waals surface area contributed by atoms with Gasteiger partial charge in [0.25, 0.3) is 0 Å². The first-order valence-electron chi connectivity index (χ1n) is 6.19. The minimum atomic E-state index is -4.33. The van der Waals surface area contributed by atoms with Crippen LogP contribution >= 0.6 is 0 Å². The van der Waals surface area contributed by atoms with Crippen molar-refractivity contribution in [3.63, 3.8) is 0 Å². The summed E-state index contributed by atoms with van der Waals surface area (Å²) in [6.07, 6.45) is -4.33. The van der Waals surface area contributed by atoms with Gasteiger partial charge >= 0.3 is 6.18 Å². The molecule has 0 radical (unpaired) electrons. The van der Waals surface area contributed by atoms with Crippen molar-refractivity contribution < 1.29 is 22.7 Å². The Morgan fingerprint density at radius 1 is 1.30 bits per heavy atom. The molecule has 1 N–H and O–H groups in total. The zero-order valence-electron chi connectivity index (χ0n) is 10.7. The topological polar surface area (TPSA) is 41.6 Å².